The Balaban J connectivity index is 1.36. The third-order valence-electron chi connectivity index (χ3n) is 8.83. The molecule has 1 aliphatic heterocycles. The molecule has 1 fully saturated rings. The van der Waals surface area contributed by atoms with Crippen molar-refractivity contribution in [2.45, 2.75) is 56.5 Å². The van der Waals surface area contributed by atoms with Crippen LogP contribution >= 0.6 is 0 Å². The smallest absolute Gasteiger partial charge is 0.422 e. The second-order valence-corrected chi connectivity index (χ2v) is 12.1. The second kappa shape index (κ2) is 14.7. The molecular formula is C35H38F3N3O8. The van der Waals surface area contributed by atoms with E-state index in [2.05, 4.69) is 0 Å². The van der Waals surface area contributed by atoms with Gasteiger partial charge in [0.2, 0.25) is 11.4 Å². The molecule has 262 valence electrons. The number of nitro groups is 1. The number of β-amino-alcohol motifs (C(OH)–C–C–N with tert-alkyl or cyclic N) is 1. The van der Waals surface area contributed by atoms with E-state index >= 15 is 0 Å². The number of ether oxygens (including phenoxy) is 3. The van der Waals surface area contributed by atoms with Crippen LogP contribution in [0.2, 0.25) is 0 Å². The molecule has 0 spiro atoms. The molecule has 0 aliphatic carbocycles. The summed E-state index contributed by atoms with van der Waals surface area (Å²) in [7, 11) is 2.94. The summed E-state index contributed by atoms with van der Waals surface area (Å²) in [6, 6.07) is 16.1. The summed E-state index contributed by atoms with van der Waals surface area (Å²) >= 11 is 0. The number of benzene rings is 3. The van der Waals surface area contributed by atoms with Gasteiger partial charge in [0.1, 0.15) is 6.10 Å². The lowest BCUT2D eigenvalue weighted by Crippen LogP contribution is -2.53. The highest BCUT2D eigenvalue weighted by molar-refractivity contribution is 5.87. The molecule has 14 heteroatoms. The lowest BCUT2D eigenvalue weighted by atomic mass is 9.91. The summed E-state index contributed by atoms with van der Waals surface area (Å²) in [5.74, 6) is 0.244. The Labute approximate surface area is 280 Å². The number of carboxylic acid groups (broad SMARTS) is 1. The van der Waals surface area contributed by atoms with Crippen LogP contribution in [0.5, 0.6) is 17.2 Å². The number of non-ortho nitro benzene ring substituents is 1. The molecule has 0 bridgehead atoms. The number of likely N-dealkylation sites (tertiary alicyclic amines) is 1. The van der Waals surface area contributed by atoms with E-state index in [1.807, 2.05) is 0 Å². The van der Waals surface area contributed by atoms with E-state index in [1.54, 1.807) is 47.4 Å². The molecule has 49 heavy (non-hydrogen) atoms. The van der Waals surface area contributed by atoms with E-state index in [4.69, 9.17) is 19.3 Å². The summed E-state index contributed by atoms with van der Waals surface area (Å²) < 4.78 is 63.6. The molecule has 3 aromatic carbocycles. The lowest BCUT2D eigenvalue weighted by molar-refractivity contribution is -0.384. The van der Waals surface area contributed by atoms with Crippen LogP contribution in [-0.2, 0) is 23.4 Å². The SMILES string of the molecule is COc1cc(CCCC(=O)O)cc(OC)c1OC1CCN(CC(O)(c2cn(Cc3ccccc3)c3cc([N+](=O)[O-])ccc23)C(F)(F)F)CC1. The van der Waals surface area contributed by atoms with Crippen LogP contribution in [0.15, 0.2) is 66.9 Å². The molecule has 2 heterocycles. The maximum atomic E-state index is 14.9. The topological polar surface area (TPSA) is 137 Å². The van der Waals surface area contributed by atoms with Crippen molar-refractivity contribution in [1.82, 2.24) is 9.47 Å². The zero-order valence-corrected chi connectivity index (χ0v) is 27.1. The summed E-state index contributed by atoms with van der Waals surface area (Å²) in [5, 5.41) is 32.1. The largest absolute Gasteiger partial charge is 0.493 e. The van der Waals surface area contributed by atoms with E-state index in [9.17, 15) is 33.2 Å². The first-order valence-corrected chi connectivity index (χ1v) is 15.8. The molecule has 1 unspecified atom stereocenters. The monoisotopic (exact) mass is 685 g/mol. The van der Waals surface area contributed by atoms with Crippen molar-refractivity contribution < 1.29 is 47.3 Å². The van der Waals surface area contributed by atoms with Gasteiger partial charge in [-0.05, 0) is 55.0 Å². The van der Waals surface area contributed by atoms with Gasteiger partial charge in [-0.25, -0.2) is 0 Å². The average molecular weight is 686 g/mol. The lowest BCUT2D eigenvalue weighted by Gasteiger charge is -2.39. The van der Waals surface area contributed by atoms with Crippen LogP contribution in [0, 0.1) is 10.1 Å². The third kappa shape index (κ3) is 7.92. The minimum atomic E-state index is -5.07. The third-order valence-corrected chi connectivity index (χ3v) is 8.83. The summed E-state index contributed by atoms with van der Waals surface area (Å²) in [6.45, 7) is -0.224. The first-order chi connectivity index (χ1) is 23.3. The van der Waals surface area contributed by atoms with Crippen molar-refractivity contribution in [2.24, 2.45) is 0 Å². The number of carboxylic acids is 1. The highest BCUT2D eigenvalue weighted by atomic mass is 19.4. The van der Waals surface area contributed by atoms with Crippen LogP contribution in [0.3, 0.4) is 0 Å². The predicted molar refractivity (Wildman–Crippen MR) is 174 cm³/mol. The minimum absolute atomic E-state index is 0.0171. The minimum Gasteiger partial charge on any atom is -0.493 e. The predicted octanol–water partition coefficient (Wildman–Crippen LogP) is 6.32. The molecule has 0 saturated carbocycles. The van der Waals surface area contributed by atoms with Gasteiger partial charge < -0.3 is 29.0 Å². The molecule has 4 aromatic rings. The zero-order valence-electron chi connectivity index (χ0n) is 27.1. The standard InChI is InChI=1S/C35H38F3N3O8/c1-47-30-17-24(9-6-10-32(42)43)18-31(48-2)33(30)49-26-13-15-39(16-14-26)22-34(44,35(36,37)38)28-21-40(20-23-7-4-3-5-8-23)29-19-25(41(45)46)11-12-27(28)29/h3-5,7-8,11-12,17-19,21,26,44H,6,9-10,13-16,20,22H2,1-2H3,(H,42,43). The van der Waals surface area contributed by atoms with Crippen molar-refractivity contribution >= 4 is 22.6 Å². The van der Waals surface area contributed by atoms with Crippen LogP contribution in [0.1, 0.15) is 42.4 Å². The molecule has 11 nitrogen and oxygen atoms in total. The molecular weight excluding hydrogens is 647 g/mol. The van der Waals surface area contributed by atoms with Gasteiger partial charge in [0, 0.05) is 61.9 Å². The highest BCUT2D eigenvalue weighted by Gasteiger charge is 2.57. The number of halogens is 3. The number of alkyl halides is 3. The number of aromatic nitrogens is 1. The molecule has 1 saturated heterocycles. The average Bonchev–Trinajstić information content (AvgIpc) is 3.43. The number of hydrogen-bond acceptors (Lipinski definition) is 8. The fourth-order valence-corrected chi connectivity index (χ4v) is 6.28. The molecule has 1 aromatic heterocycles. The van der Waals surface area contributed by atoms with Gasteiger partial charge in [-0.1, -0.05) is 30.3 Å². The Kier molecular flexibility index (Phi) is 10.7. The van der Waals surface area contributed by atoms with E-state index < -0.39 is 29.2 Å². The first kappa shape index (κ1) is 35.5. The van der Waals surface area contributed by atoms with Crippen LogP contribution in [-0.4, -0.2) is 76.7 Å². The Morgan fingerprint density at radius 3 is 2.22 bits per heavy atom. The fraction of sp³-hybridized carbons (Fsp3) is 0.400. The molecule has 5 rings (SSSR count). The quantitative estimate of drug-likeness (QED) is 0.116. The Morgan fingerprint density at radius 1 is 1.00 bits per heavy atom. The van der Waals surface area contributed by atoms with Crippen molar-refractivity contribution in [2.75, 3.05) is 33.9 Å². The summed E-state index contributed by atoms with van der Waals surface area (Å²) in [6.07, 6.45) is -2.58. The molecule has 1 atom stereocenters. The number of methoxy groups -OCH3 is 2. The van der Waals surface area contributed by atoms with E-state index in [-0.39, 0.29) is 54.3 Å². The molecule has 0 amide bonds. The van der Waals surface area contributed by atoms with Crippen molar-refractivity contribution in [1.29, 1.82) is 0 Å². The van der Waals surface area contributed by atoms with Gasteiger partial charge in [0.15, 0.2) is 11.5 Å². The number of nitrogens with zero attached hydrogens (tertiary/aromatic N) is 3. The Bertz CT molecular complexity index is 1760. The molecule has 0 radical (unpaired) electrons. The first-order valence-electron chi connectivity index (χ1n) is 15.8. The van der Waals surface area contributed by atoms with Gasteiger partial charge >= 0.3 is 12.1 Å². The normalized spacial score (nSPS) is 15.6. The van der Waals surface area contributed by atoms with Crippen molar-refractivity contribution in [3.05, 3.63) is 93.7 Å². The van der Waals surface area contributed by atoms with Crippen LogP contribution in [0.4, 0.5) is 18.9 Å². The van der Waals surface area contributed by atoms with Gasteiger partial charge in [-0.3, -0.25) is 19.8 Å². The van der Waals surface area contributed by atoms with E-state index in [0.717, 1.165) is 17.2 Å². The zero-order chi connectivity index (χ0) is 35.3. The van der Waals surface area contributed by atoms with Crippen LogP contribution in [0.25, 0.3) is 10.9 Å². The fourth-order valence-electron chi connectivity index (χ4n) is 6.28. The van der Waals surface area contributed by atoms with Gasteiger partial charge in [-0.15, -0.1) is 0 Å². The number of nitro benzene ring substituents is 1. The second-order valence-electron chi connectivity index (χ2n) is 12.1. The summed E-state index contributed by atoms with van der Waals surface area (Å²) in [4.78, 5) is 23.4. The van der Waals surface area contributed by atoms with Gasteiger partial charge in [0.25, 0.3) is 5.69 Å². The number of aliphatic carboxylic acids is 1. The number of piperidine rings is 1. The maximum Gasteiger partial charge on any atom is 0.422 e. The van der Waals surface area contributed by atoms with E-state index in [1.165, 1.54) is 37.1 Å². The van der Waals surface area contributed by atoms with Crippen molar-refractivity contribution in [3.8, 4) is 17.2 Å². The van der Waals surface area contributed by atoms with Crippen molar-refractivity contribution in [3.63, 3.8) is 0 Å². The number of aliphatic hydroxyl groups is 1. The number of rotatable bonds is 14. The number of aryl methyl sites for hydroxylation is 1. The van der Waals surface area contributed by atoms with Gasteiger partial charge in [-0.2, -0.15) is 13.2 Å². The molecule has 1 aliphatic rings. The maximum absolute atomic E-state index is 14.9. The Morgan fingerprint density at radius 2 is 1.65 bits per heavy atom. The Hall–Kier alpha value is -4.82. The van der Waals surface area contributed by atoms with Gasteiger partial charge in [0.05, 0.1) is 24.7 Å². The number of hydrogen-bond donors (Lipinski definition) is 2. The van der Waals surface area contributed by atoms with Crippen LogP contribution < -0.4 is 14.2 Å². The molecule has 2 N–H and O–H groups in total. The number of carbonyl (C=O) groups is 1. The highest BCUT2D eigenvalue weighted by Crippen LogP contribution is 2.45. The summed E-state index contributed by atoms with van der Waals surface area (Å²) in [5.41, 5.74) is -2.14. The number of fused-ring (bicyclic) bond motifs is 1. The van der Waals surface area contributed by atoms with E-state index in [0.29, 0.717) is 42.9 Å².